The Balaban J connectivity index is 1.36. The molecule has 0 saturated carbocycles. The summed E-state index contributed by atoms with van der Waals surface area (Å²) in [5, 5.41) is 8.14. The van der Waals surface area contributed by atoms with Gasteiger partial charge in [-0.1, -0.05) is 17.7 Å². The van der Waals surface area contributed by atoms with Gasteiger partial charge < -0.3 is 14.6 Å². The molecule has 1 aromatic carbocycles. The van der Waals surface area contributed by atoms with Crippen molar-refractivity contribution in [2.24, 2.45) is 5.92 Å². The van der Waals surface area contributed by atoms with Crippen molar-refractivity contribution in [3.05, 3.63) is 75.4 Å². The Morgan fingerprint density at radius 2 is 2.03 bits per heavy atom. The maximum absolute atomic E-state index is 12.5. The first-order chi connectivity index (χ1) is 15.0. The molecule has 1 amide bonds. The third-order valence-corrected chi connectivity index (χ3v) is 6.03. The molecule has 0 aliphatic carbocycles. The van der Waals surface area contributed by atoms with E-state index in [1.807, 2.05) is 31.2 Å². The maximum Gasteiger partial charge on any atom is 0.271 e. The molecule has 4 rings (SSSR count). The van der Waals surface area contributed by atoms with Gasteiger partial charge in [0.2, 0.25) is 5.91 Å². The molecule has 7 nitrogen and oxygen atoms in total. The number of carbonyl (C=O) groups excluding carboxylic acids is 1. The third-order valence-electron chi connectivity index (χ3n) is 5.63. The molecular formula is C23H25ClN4O3. The molecule has 0 radical (unpaired) electrons. The van der Waals surface area contributed by atoms with Crippen molar-refractivity contribution in [2.45, 2.75) is 26.2 Å². The lowest BCUT2D eigenvalue weighted by Gasteiger charge is -2.32. The zero-order chi connectivity index (χ0) is 21.8. The zero-order valence-electron chi connectivity index (χ0n) is 17.4. The number of rotatable bonds is 6. The minimum atomic E-state index is -0.213. The zero-order valence-corrected chi connectivity index (χ0v) is 18.1. The SMILES string of the molecule is Cc1ccc(-n2nc(N3CCC(C(=O)NCCc4ccco4)CC3)ccc2=O)cc1Cl. The van der Waals surface area contributed by atoms with Gasteiger partial charge in [-0.15, -0.1) is 5.10 Å². The van der Waals surface area contributed by atoms with Gasteiger partial charge in [0.15, 0.2) is 0 Å². The quantitative estimate of drug-likeness (QED) is 0.635. The van der Waals surface area contributed by atoms with E-state index in [1.54, 1.807) is 18.4 Å². The van der Waals surface area contributed by atoms with Crippen molar-refractivity contribution < 1.29 is 9.21 Å². The molecular weight excluding hydrogens is 416 g/mol. The molecule has 0 atom stereocenters. The number of furan rings is 1. The number of hydrogen-bond donors (Lipinski definition) is 1. The van der Waals surface area contributed by atoms with Gasteiger partial charge in [-0.05, 0) is 55.7 Å². The molecule has 0 spiro atoms. The minimum Gasteiger partial charge on any atom is -0.469 e. The number of piperidine rings is 1. The Morgan fingerprint density at radius 3 is 2.74 bits per heavy atom. The number of carbonyl (C=O) groups is 1. The second-order valence-corrected chi connectivity index (χ2v) is 8.16. The van der Waals surface area contributed by atoms with Crippen LogP contribution in [0.25, 0.3) is 5.69 Å². The van der Waals surface area contributed by atoms with Gasteiger partial charge in [0, 0.05) is 43.1 Å². The maximum atomic E-state index is 12.5. The summed E-state index contributed by atoms with van der Waals surface area (Å²) >= 11 is 6.22. The van der Waals surface area contributed by atoms with Gasteiger partial charge in [0.1, 0.15) is 11.6 Å². The van der Waals surface area contributed by atoms with Crippen LogP contribution in [0.5, 0.6) is 0 Å². The molecule has 0 bridgehead atoms. The second kappa shape index (κ2) is 9.39. The van der Waals surface area contributed by atoms with E-state index in [2.05, 4.69) is 15.3 Å². The molecule has 2 aromatic heterocycles. The largest absolute Gasteiger partial charge is 0.469 e. The molecule has 3 aromatic rings. The summed E-state index contributed by atoms with van der Waals surface area (Å²) in [6.45, 7) is 3.89. The average Bonchev–Trinajstić information content (AvgIpc) is 3.30. The third kappa shape index (κ3) is 4.99. The van der Waals surface area contributed by atoms with Gasteiger partial charge in [-0.2, -0.15) is 4.68 Å². The van der Waals surface area contributed by atoms with Crippen LogP contribution in [-0.2, 0) is 11.2 Å². The predicted molar refractivity (Wildman–Crippen MR) is 120 cm³/mol. The summed E-state index contributed by atoms with van der Waals surface area (Å²) < 4.78 is 6.66. The highest BCUT2D eigenvalue weighted by Gasteiger charge is 2.25. The van der Waals surface area contributed by atoms with E-state index in [1.165, 1.54) is 10.7 Å². The number of benzene rings is 1. The number of halogens is 1. The summed E-state index contributed by atoms with van der Waals surface area (Å²) in [4.78, 5) is 26.9. The highest BCUT2D eigenvalue weighted by atomic mass is 35.5. The molecule has 1 saturated heterocycles. The fourth-order valence-electron chi connectivity index (χ4n) is 3.75. The van der Waals surface area contributed by atoms with Gasteiger partial charge in [0.25, 0.3) is 5.56 Å². The first-order valence-corrected chi connectivity index (χ1v) is 10.8. The first-order valence-electron chi connectivity index (χ1n) is 10.4. The lowest BCUT2D eigenvalue weighted by atomic mass is 9.96. The summed E-state index contributed by atoms with van der Waals surface area (Å²) in [6.07, 6.45) is 3.80. The Labute approximate surface area is 185 Å². The van der Waals surface area contributed by atoms with Gasteiger partial charge in [0.05, 0.1) is 12.0 Å². The van der Waals surface area contributed by atoms with Crippen molar-refractivity contribution >= 4 is 23.3 Å². The first kappa shape index (κ1) is 21.2. The van der Waals surface area contributed by atoms with Crippen molar-refractivity contribution in [3.8, 4) is 5.69 Å². The minimum absolute atomic E-state index is 0.0188. The smallest absolute Gasteiger partial charge is 0.271 e. The molecule has 1 N–H and O–H groups in total. The van der Waals surface area contributed by atoms with Crippen LogP contribution < -0.4 is 15.8 Å². The van der Waals surface area contributed by atoms with Gasteiger partial charge in [-0.25, -0.2) is 0 Å². The fraction of sp³-hybridized carbons (Fsp3) is 0.348. The van der Waals surface area contributed by atoms with E-state index in [-0.39, 0.29) is 17.4 Å². The lowest BCUT2D eigenvalue weighted by Crippen LogP contribution is -2.41. The fourth-order valence-corrected chi connectivity index (χ4v) is 3.92. The summed E-state index contributed by atoms with van der Waals surface area (Å²) in [5.74, 6) is 1.65. The van der Waals surface area contributed by atoms with Crippen LogP contribution in [-0.4, -0.2) is 35.3 Å². The van der Waals surface area contributed by atoms with E-state index in [0.717, 1.165) is 24.2 Å². The van der Waals surface area contributed by atoms with Crippen molar-refractivity contribution in [3.63, 3.8) is 0 Å². The van der Waals surface area contributed by atoms with Crippen molar-refractivity contribution in [2.75, 3.05) is 24.5 Å². The van der Waals surface area contributed by atoms with Crippen LogP contribution >= 0.6 is 11.6 Å². The average molecular weight is 441 g/mol. The highest BCUT2D eigenvalue weighted by molar-refractivity contribution is 6.31. The number of amides is 1. The molecule has 1 aliphatic heterocycles. The number of aromatic nitrogens is 2. The van der Waals surface area contributed by atoms with Crippen LogP contribution in [0.1, 0.15) is 24.2 Å². The number of anilines is 1. The lowest BCUT2D eigenvalue weighted by molar-refractivity contribution is -0.125. The van der Waals surface area contributed by atoms with Gasteiger partial charge >= 0.3 is 0 Å². The molecule has 0 unspecified atom stereocenters. The van der Waals surface area contributed by atoms with Crippen LogP contribution in [0.3, 0.4) is 0 Å². The molecule has 8 heteroatoms. The molecule has 3 heterocycles. The molecule has 162 valence electrons. The van der Waals surface area contributed by atoms with Crippen molar-refractivity contribution in [1.82, 2.24) is 15.1 Å². The van der Waals surface area contributed by atoms with E-state index < -0.39 is 0 Å². The number of aryl methyl sites for hydroxylation is 1. The van der Waals surface area contributed by atoms with Gasteiger partial charge in [-0.3, -0.25) is 9.59 Å². The highest BCUT2D eigenvalue weighted by Crippen LogP contribution is 2.23. The topological polar surface area (TPSA) is 80.4 Å². The standard InChI is InChI=1S/C23H25ClN4O3/c1-16-4-5-18(15-20(16)24)28-22(29)7-6-21(26-28)27-12-9-17(10-13-27)23(30)25-11-8-19-3-2-14-31-19/h2-7,14-15,17H,8-13H2,1H3,(H,25,30). The molecule has 31 heavy (non-hydrogen) atoms. The normalized spacial score (nSPS) is 14.6. The summed E-state index contributed by atoms with van der Waals surface area (Å²) in [5.41, 5.74) is 1.36. The van der Waals surface area contributed by atoms with Crippen LogP contribution in [0.15, 0.2) is 57.9 Å². The Bertz CT molecular complexity index is 1100. The Hall–Kier alpha value is -3.06. The number of nitrogens with zero attached hydrogens (tertiary/aromatic N) is 3. The van der Waals surface area contributed by atoms with E-state index >= 15 is 0 Å². The molecule has 1 aliphatic rings. The summed E-state index contributed by atoms with van der Waals surface area (Å²) in [6, 6.07) is 12.4. The van der Waals surface area contributed by atoms with Crippen LogP contribution in [0.4, 0.5) is 5.82 Å². The van der Waals surface area contributed by atoms with Crippen molar-refractivity contribution in [1.29, 1.82) is 0 Å². The second-order valence-electron chi connectivity index (χ2n) is 7.76. The Morgan fingerprint density at radius 1 is 1.23 bits per heavy atom. The summed E-state index contributed by atoms with van der Waals surface area (Å²) in [7, 11) is 0. The van der Waals surface area contributed by atoms with E-state index in [9.17, 15) is 9.59 Å². The predicted octanol–water partition coefficient (Wildman–Crippen LogP) is 3.36. The van der Waals surface area contributed by atoms with E-state index in [0.29, 0.717) is 42.6 Å². The monoisotopic (exact) mass is 440 g/mol. The number of hydrogen-bond acceptors (Lipinski definition) is 5. The molecule has 1 fully saturated rings. The Kier molecular flexibility index (Phi) is 6.42. The van der Waals surface area contributed by atoms with Crippen LogP contribution in [0, 0.1) is 12.8 Å². The van der Waals surface area contributed by atoms with Crippen LogP contribution in [0.2, 0.25) is 5.02 Å². The van der Waals surface area contributed by atoms with E-state index in [4.69, 9.17) is 16.0 Å². The number of nitrogens with one attached hydrogen (secondary N) is 1.